The van der Waals surface area contributed by atoms with E-state index < -0.39 is 41.7 Å². The zero-order chi connectivity index (χ0) is 28.5. The fourth-order valence-corrected chi connectivity index (χ4v) is 5.30. The zero-order valence-electron chi connectivity index (χ0n) is 22.0. The molecular formula is C28H31F4N3O4. The summed E-state index contributed by atoms with van der Waals surface area (Å²) in [7, 11) is 1.46. The molecule has 0 aromatic heterocycles. The fraction of sp³-hybridized carbons (Fsp3) is 0.464. The number of likely N-dealkylation sites (tertiary alicyclic amines) is 1. The molecule has 0 bridgehead atoms. The lowest BCUT2D eigenvalue weighted by Crippen LogP contribution is -2.46. The van der Waals surface area contributed by atoms with Crippen LogP contribution in [0.2, 0.25) is 0 Å². The highest BCUT2D eigenvalue weighted by atomic mass is 19.4. The summed E-state index contributed by atoms with van der Waals surface area (Å²) in [5.41, 5.74) is 0.0990. The molecule has 2 heterocycles. The van der Waals surface area contributed by atoms with Crippen LogP contribution in [0.25, 0.3) is 0 Å². The number of halogens is 4. The summed E-state index contributed by atoms with van der Waals surface area (Å²) in [6.07, 6.45) is -4.41. The van der Waals surface area contributed by atoms with Gasteiger partial charge in [0.05, 0.1) is 12.5 Å². The molecule has 11 heteroatoms. The molecule has 1 atom stereocenters. The molecule has 39 heavy (non-hydrogen) atoms. The molecule has 1 saturated heterocycles. The van der Waals surface area contributed by atoms with Crippen LogP contribution in [-0.4, -0.2) is 60.4 Å². The first-order valence-electron chi connectivity index (χ1n) is 12.7. The summed E-state index contributed by atoms with van der Waals surface area (Å²) in [4.78, 5) is 41.7. The third-order valence-corrected chi connectivity index (χ3v) is 7.34. The summed E-state index contributed by atoms with van der Waals surface area (Å²) in [6.45, 7) is 4.42. The Labute approximate surface area is 224 Å². The zero-order valence-corrected chi connectivity index (χ0v) is 22.0. The van der Waals surface area contributed by atoms with Gasteiger partial charge in [0.1, 0.15) is 24.0 Å². The molecule has 2 aliphatic rings. The molecule has 210 valence electrons. The Bertz CT molecular complexity index is 1270. The van der Waals surface area contributed by atoms with Gasteiger partial charge in [-0.25, -0.2) is 4.39 Å². The number of ether oxygens (including phenoxy) is 1. The molecule has 0 saturated carbocycles. The predicted octanol–water partition coefficient (Wildman–Crippen LogP) is 4.75. The number of carbonyl (C=O) groups excluding carboxylic acids is 3. The lowest BCUT2D eigenvalue weighted by molar-refractivity contribution is -0.164. The highest BCUT2D eigenvalue weighted by Gasteiger charge is 2.41. The lowest BCUT2D eigenvalue weighted by Gasteiger charge is -2.36. The van der Waals surface area contributed by atoms with Crippen molar-refractivity contribution in [2.75, 3.05) is 32.1 Å². The first-order chi connectivity index (χ1) is 18.3. The predicted molar refractivity (Wildman–Crippen MR) is 136 cm³/mol. The Kier molecular flexibility index (Phi) is 7.90. The number of amides is 3. The molecule has 1 fully saturated rings. The summed E-state index contributed by atoms with van der Waals surface area (Å²) < 4.78 is 59.6. The van der Waals surface area contributed by atoms with Gasteiger partial charge in [-0.05, 0) is 68.5 Å². The molecule has 2 aromatic carbocycles. The maximum Gasteiger partial charge on any atom is 0.397 e. The summed E-state index contributed by atoms with van der Waals surface area (Å²) in [5, 5.41) is 2.55. The van der Waals surface area contributed by atoms with Crippen LogP contribution in [0.5, 0.6) is 5.75 Å². The molecule has 7 nitrogen and oxygen atoms in total. The van der Waals surface area contributed by atoms with Crippen LogP contribution in [-0.2, 0) is 26.2 Å². The second kappa shape index (κ2) is 10.9. The highest BCUT2D eigenvalue weighted by molar-refractivity contribution is 5.98. The van der Waals surface area contributed by atoms with E-state index in [-0.39, 0.29) is 30.1 Å². The number of hydrogen-bond acceptors (Lipinski definition) is 4. The number of methoxy groups -OCH3 is 1. The monoisotopic (exact) mass is 549 g/mol. The number of alkyl halides is 3. The lowest BCUT2D eigenvalue weighted by atomic mass is 9.82. The normalized spacial score (nSPS) is 17.6. The number of nitrogens with zero attached hydrogens (tertiary/aromatic N) is 2. The van der Waals surface area contributed by atoms with Crippen molar-refractivity contribution in [2.24, 2.45) is 0 Å². The molecule has 1 N–H and O–H groups in total. The fourth-order valence-electron chi connectivity index (χ4n) is 5.30. The first-order valence-corrected chi connectivity index (χ1v) is 12.7. The summed E-state index contributed by atoms with van der Waals surface area (Å²) in [5.74, 6) is -2.40. The minimum atomic E-state index is -4.74. The molecule has 2 aliphatic heterocycles. The molecule has 0 radical (unpaired) electrons. The van der Waals surface area contributed by atoms with E-state index in [9.17, 15) is 27.6 Å². The largest absolute Gasteiger partial charge is 0.497 e. The third kappa shape index (κ3) is 6.02. The van der Waals surface area contributed by atoms with Crippen LogP contribution >= 0.6 is 0 Å². The van der Waals surface area contributed by atoms with Crippen LogP contribution in [0.1, 0.15) is 55.8 Å². The maximum atomic E-state index is 15.3. The Hall–Kier alpha value is -3.63. The van der Waals surface area contributed by atoms with Crippen molar-refractivity contribution in [3.63, 3.8) is 0 Å². The number of anilines is 1. The second-order valence-electron chi connectivity index (χ2n) is 10.4. The molecule has 0 spiro atoms. The van der Waals surface area contributed by atoms with Gasteiger partial charge in [-0.2, -0.15) is 13.2 Å². The van der Waals surface area contributed by atoms with Crippen molar-refractivity contribution in [1.29, 1.82) is 0 Å². The van der Waals surface area contributed by atoms with Crippen LogP contribution < -0.4 is 10.1 Å². The Morgan fingerprint density at radius 3 is 2.33 bits per heavy atom. The summed E-state index contributed by atoms with van der Waals surface area (Å²) in [6, 6.07) is 7.36. The number of hydrogen-bond donors (Lipinski definition) is 1. The van der Waals surface area contributed by atoms with Crippen LogP contribution in [0, 0.1) is 5.82 Å². The molecule has 2 aromatic rings. The van der Waals surface area contributed by atoms with Crippen LogP contribution in [0.4, 0.5) is 23.2 Å². The van der Waals surface area contributed by atoms with E-state index in [2.05, 4.69) is 5.32 Å². The van der Waals surface area contributed by atoms with E-state index in [1.54, 1.807) is 36.9 Å². The Balaban J connectivity index is 1.61. The van der Waals surface area contributed by atoms with Gasteiger partial charge >= 0.3 is 6.18 Å². The SMILES string of the molecule is COc1ccc2c(c1)CCN(C(=O)CC(F)(F)F)C2C(=O)Nc1ccc(C(C)(C)C(=O)N2CCCC2)c(F)c1. The number of fused-ring (bicyclic) bond motifs is 1. The second-order valence-corrected chi connectivity index (χ2v) is 10.4. The number of nitrogens with one attached hydrogen (secondary N) is 1. The van der Waals surface area contributed by atoms with Gasteiger partial charge in [0.2, 0.25) is 11.8 Å². The molecule has 4 rings (SSSR count). The standard InChI is InChI=1S/C28H31F4N3O4/c1-27(2,26(38)34-11-4-5-12-34)21-9-6-18(15-22(21)29)33-25(37)24-20-8-7-19(39-3)14-17(20)10-13-35(24)23(36)16-28(30,31)32/h6-9,14-15,24H,4-5,10-13,16H2,1-3H3,(H,33,37). The third-order valence-electron chi connectivity index (χ3n) is 7.34. The number of benzene rings is 2. The van der Waals surface area contributed by atoms with Gasteiger partial charge in [0.25, 0.3) is 5.91 Å². The van der Waals surface area contributed by atoms with Gasteiger partial charge in [0.15, 0.2) is 0 Å². The highest BCUT2D eigenvalue weighted by Crippen LogP contribution is 2.36. The maximum absolute atomic E-state index is 15.3. The minimum absolute atomic E-state index is 0.0505. The van der Waals surface area contributed by atoms with E-state index in [0.717, 1.165) is 23.8 Å². The van der Waals surface area contributed by atoms with E-state index in [1.807, 2.05) is 0 Å². The Morgan fingerprint density at radius 1 is 1.03 bits per heavy atom. The molecule has 3 amide bonds. The molecular weight excluding hydrogens is 518 g/mol. The minimum Gasteiger partial charge on any atom is -0.497 e. The van der Waals surface area contributed by atoms with E-state index >= 15 is 4.39 Å². The van der Waals surface area contributed by atoms with Gasteiger partial charge in [0, 0.05) is 30.9 Å². The van der Waals surface area contributed by atoms with Crippen molar-refractivity contribution in [3.05, 3.63) is 58.9 Å². The van der Waals surface area contributed by atoms with Crippen LogP contribution in [0.15, 0.2) is 36.4 Å². The van der Waals surface area contributed by atoms with E-state index in [1.165, 1.54) is 19.2 Å². The average molecular weight is 550 g/mol. The van der Waals surface area contributed by atoms with Gasteiger partial charge in [-0.3, -0.25) is 14.4 Å². The van der Waals surface area contributed by atoms with Gasteiger partial charge in [-0.1, -0.05) is 12.1 Å². The van der Waals surface area contributed by atoms with Crippen molar-refractivity contribution in [3.8, 4) is 5.75 Å². The Morgan fingerprint density at radius 2 is 1.72 bits per heavy atom. The van der Waals surface area contributed by atoms with Crippen molar-refractivity contribution in [2.45, 2.75) is 57.2 Å². The van der Waals surface area contributed by atoms with Crippen molar-refractivity contribution in [1.82, 2.24) is 9.80 Å². The van der Waals surface area contributed by atoms with Crippen molar-refractivity contribution < 1.29 is 36.7 Å². The van der Waals surface area contributed by atoms with Gasteiger partial charge in [-0.15, -0.1) is 0 Å². The molecule has 0 aliphatic carbocycles. The summed E-state index contributed by atoms with van der Waals surface area (Å²) >= 11 is 0. The first kappa shape index (κ1) is 28.4. The average Bonchev–Trinajstić information content (AvgIpc) is 3.40. The van der Waals surface area contributed by atoms with E-state index in [0.29, 0.717) is 30.0 Å². The van der Waals surface area contributed by atoms with E-state index in [4.69, 9.17) is 4.74 Å². The molecule has 1 unspecified atom stereocenters. The quantitative estimate of drug-likeness (QED) is 0.528. The smallest absolute Gasteiger partial charge is 0.397 e. The number of rotatable bonds is 6. The topological polar surface area (TPSA) is 79.0 Å². The van der Waals surface area contributed by atoms with Crippen molar-refractivity contribution >= 4 is 23.4 Å². The van der Waals surface area contributed by atoms with Crippen LogP contribution in [0.3, 0.4) is 0 Å². The number of carbonyl (C=O) groups is 3. The van der Waals surface area contributed by atoms with Gasteiger partial charge < -0.3 is 19.9 Å².